The van der Waals surface area contributed by atoms with Crippen LogP contribution < -0.4 is 20.3 Å². The van der Waals surface area contributed by atoms with Gasteiger partial charge in [-0.2, -0.15) is 9.78 Å². The zero-order chi connectivity index (χ0) is 28.1. The van der Waals surface area contributed by atoms with Crippen molar-refractivity contribution in [1.29, 1.82) is 5.26 Å². The highest BCUT2D eigenvalue weighted by molar-refractivity contribution is 5.86. The number of amides is 1. The highest BCUT2D eigenvalue weighted by Gasteiger charge is 2.20. The molecule has 40 heavy (non-hydrogen) atoms. The fourth-order valence-corrected chi connectivity index (χ4v) is 4.01. The third-order valence-electron chi connectivity index (χ3n) is 5.94. The van der Waals surface area contributed by atoms with Crippen LogP contribution in [0.3, 0.4) is 0 Å². The highest BCUT2D eigenvalue weighted by atomic mass is 19.1. The summed E-state index contributed by atoms with van der Waals surface area (Å²) in [4.78, 5) is 22.6. The topological polar surface area (TPSA) is 130 Å². The zero-order valence-corrected chi connectivity index (χ0v) is 21.5. The normalized spacial score (nSPS) is 10.6. The van der Waals surface area contributed by atoms with Gasteiger partial charge in [0.1, 0.15) is 23.5 Å². The van der Waals surface area contributed by atoms with Crippen LogP contribution in [0.15, 0.2) is 79.1 Å². The lowest BCUT2D eigenvalue weighted by Crippen LogP contribution is -2.19. The number of carbonyl (C=O) groups is 1. The second-order valence-electron chi connectivity index (χ2n) is 8.46. The number of nitrogens with zero attached hydrogens (tertiary/aromatic N) is 6. The van der Waals surface area contributed by atoms with Crippen LogP contribution in [0.4, 0.5) is 37.9 Å². The van der Waals surface area contributed by atoms with Gasteiger partial charge in [-0.1, -0.05) is 18.2 Å². The summed E-state index contributed by atoms with van der Waals surface area (Å²) in [7, 11) is 2.80. The first-order valence-corrected chi connectivity index (χ1v) is 12.0. The smallest absolute Gasteiger partial charge is 0.411 e. The number of hydrogen-bond acceptors (Lipinski definition) is 9. The maximum absolute atomic E-state index is 14.3. The number of pyridine rings is 1. The first-order valence-electron chi connectivity index (χ1n) is 12.0. The zero-order valence-electron chi connectivity index (χ0n) is 21.5. The lowest BCUT2D eigenvalue weighted by Gasteiger charge is -2.25. The molecule has 0 unspecified atom stereocenters. The summed E-state index contributed by atoms with van der Waals surface area (Å²) in [6.45, 7) is 0.415. The van der Waals surface area contributed by atoms with Gasteiger partial charge in [0.05, 0.1) is 31.8 Å². The number of rotatable bonds is 8. The number of imidazole rings is 1. The predicted octanol–water partition coefficient (Wildman–Crippen LogP) is 5.40. The molecule has 0 saturated heterocycles. The van der Waals surface area contributed by atoms with E-state index in [1.807, 2.05) is 47.4 Å². The molecule has 0 saturated carbocycles. The Morgan fingerprint density at radius 1 is 1.10 bits per heavy atom. The van der Waals surface area contributed by atoms with Gasteiger partial charge in [-0.15, -0.1) is 5.10 Å². The van der Waals surface area contributed by atoms with E-state index in [2.05, 4.69) is 36.5 Å². The molecule has 0 fully saturated rings. The SMILES string of the molecule is COC(=O)Nc1cc(Nc2cc(N(Cc3ccc(OC)cc3)c3ccccn3)c3ncc(C#N)n3n2)ccc1F. The number of nitriles is 1. The Morgan fingerprint density at radius 3 is 2.62 bits per heavy atom. The fraction of sp³-hybridized carbons (Fsp3) is 0.107. The summed E-state index contributed by atoms with van der Waals surface area (Å²) in [5.41, 5.74) is 2.60. The largest absolute Gasteiger partial charge is 0.497 e. The number of benzene rings is 2. The van der Waals surface area contributed by atoms with Gasteiger partial charge in [0.25, 0.3) is 0 Å². The Hall–Kier alpha value is -5.70. The number of hydrogen-bond donors (Lipinski definition) is 2. The summed E-state index contributed by atoms with van der Waals surface area (Å²) in [5.74, 6) is 1.08. The Morgan fingerprint density at radius 2 is 1.93 bits per heavy atom. The van der Waals surface area contributed by atoms with Crippen LogP contribution in [-0.2, 0) is 11.3 Å². The van der Waals surface area contributed by atoms with Gasteiger partial charge in [-0.05, 0) is 48.0 Å². The molecular weight excluding hydrogens is 515 g/mol. The number of anilines is 5. The average Bonchev–Trinajstić information content (AvgIpc) is 3.41. The second kappa shape index (κ2) is 11.4. The summed E-state index contributed by atoms with van der Waals surface area (Å²) < 4.78 is 25.6. The van der Waals surface area contributed by atoms with Gasteiger partial charge in [-0.3, -0.25) is 5.32 Å². The molecule has 11 nitrogen and oxygen atoms in total. The molecule has 0 bridgehead atoms. The minimum Gasteiger partial charge on any atom is -0.497 e. The van der Waals surface area contributed by atoms with Crippen LogP contribution in [0.25, 0.3) is 5.65 Å². The molecule has 0 aliphatic rings. The first-order chi connectivity index (χ1) is 19.5. The van der Waals surface area contributed by atoms with Gasteiger partial charge in [-0.25, -0.2) is 19.2 Å². The number of halogens is 1. The minimum atomic E-state index is -0.806. The summed E-state index contributed by atoms with van der Waals surface area (Å²) >= 11 is 0. The van der Waals surface area contributed by atoms with Crippen molar-refractivity contribution in [2.24, 2.45) is 0 Å². The monoisotopic (exact) mass is 538 g/mol. The van der Waals surface area contributed by atoms with Crippen molar-refractivity contribution in [3.63, 3.8) is 0 Å². The summed E-state index contributed by atoms with van der Waals surface area (Å²) in [6, 6.07) is 21.2. The van der Waals surface area contributed by atoms with E-state index in [4.69, 9.17) is 4.74 Å². The molecule has 3 heterocycles. The summed E-state index contributed by atoms with van der Waals surface area (Å²) in [5, 5.41) is 19.7. The van der Waals surface area contributed by atoms with E-state index in [1.165, 1.54) is 36.0 Å². The fourth-order valence-electron chi connectivity index (χ4n) is 4.01. The van der Waals surface area contributed by atoms with E-state index >= 15 is 0 Å². The van der Waals surface area contributed by atoms with E-state index in [1.54, 1.807) is 19.4 Å². The minimum absolute atomic E-state index is 0.0758. The standard InChI is InChI=1S/C28H23FN8O3/c1-39-21-9-6-18(7-10-21)17-36(26-5-3-4-12-31-26)24-14-25(35-37-20(15-30)16-32-27(24)37)33-19-8-11-22(29)23(13-19)34-28(38)40-2/h3-14,16H,17H2,1-2H3,(H,33,35)(H,34,38). The number of ether oxygens (including phenoxy) is 2. The molecule has 2 aromatic carbocycles. The number of carbonyl (C=O) groups excluding carboxylic acids is 1. The molecule has 0 radical (unpaired) electrons. The van der Waals surface area contributed by atoms with Crippen LogP contribution in [0, 0.1) is 17.1 Å². The molecule has 0 spiro atoms. The predicted molar refractivity (Wildman–Crippen MR) is 146 cm³/mol. The van der Waals surface area contributed by atoms with Crippen LogP contribution in [-0.4, -0.2) is 39.9 Å². The molecule has 200 valence electrons. The van der Waals surface area contributed by atoms with Gasteiger partial charge in [0, 0.05) is 24.5 Å². The van der Waals surface area contributed by atoms with Crippen molar-refractivity contribution < 1.29 is 18.7 Å². The summed E-state index contributed by atoms with van der Waals surface area (Å²) in [6.07, 6.45) is 2.32. The van der Waals surface area contributed by atoms with E-state index in [0.29, 0.717) is 35.2 Å². The third kappa shape index (κ3) is 5.44. The van der Waals surface area contributed by atoms with E-state index in [-0.39, 0.29) is 11.4 Å². The average molecular weight is 539 g/mol. The van der Waals surface area contributed by atoms with Crippen LogP contribution >= 0.6 is 0 Å². The van der Waals surface area contributed by atoms with E-state index < -0.39 is 11.9 Å². The van der Waals surface area contributed by atoms with Gasteiger partial charge in [0.2, 0.25) is 0 Å². The van der Waals surface area contributed by atoms with Crippen molar-refractivity contribution in [2.75, 3.05) is 29.8 Å². The molecule has 12 heteroatoms. The Bertz CT molecular complexity index is 1700. The Labute approximate surface area is 228 Å². The third-order valence-corrected chi connectivity index (χ3v) is 5.94. The van der Waals surface area contributed by atoms with Crippen molar-refractivity contribution in [1.82, 2.24) is 19.6 Å². The quantitative estimate of drug-likeness (QED) is 0.267. The van der Waals surface area contributed by atoms with Crippen LogP contribution in [0.1, 0.15) is 11.3 Å². The first kappa shape index (κ1) is 25.9. The number of methoxy groups -OCH3 is 2. The van der Waals surface area contributed by atoms with E-state index in [9.17, 15) is 14.4 Å². The molecule has 2 N–H and O–H groups in total. The molecule has 0 aliphatic carbocycles. The van der Waals surface area contributed by atoms with E-state index in [0.717, 1.165) is 11.3 Å². The van der Waals surface area contributed by atoms with Crippen molar-refractivity contribution in [3.8, 4) is 11.8 Å². The molecule has 0 aliphatic heterocycles. The van der Waals surface area contributed by atoms with Gasteiger partial charge < -0.3 is 19.7 Å². The molecule has 5 rings (SSSR count). The van der Waals surface area contributed by atoms with Crippen LogP contribution in [0.2, 0.25) is 0 Å². The maximum atomic E-state index is 14.3. The molecule has 1 amide bonds. The Balaban J connectivity index is 1.60. The maximum Gasteiger partial charge on any atom is 0.411 e. The number of nitrogens with one attached hydrogen (secondary N) is 2. The van der Waals surface area contributed by atoms with Crippen molar-refractivity contribution in [2.45, 2.75) is 6.54 Å². The molecular formula is C28H23FN8O3. The molecule has 5 aromatic rings. The highest BCUT2D eigenvalue weighted by Crippen LogP contribution is 2.33. The van der Waals surface area contributed by atoms with Crippen molar-refractivity contribution >= 4 is 40.4 Å². The van der Waals surface area contributed by atoms with Crippen LogP contribution in [0.5, 0.6) is 5.75 Å². The number of fused-ring (bicyclic) bond motifs is 1. The molecule has 3 aromatic heterocycles. The second-order valence-corrected chi connectivity index (χ2v) is 8.46. The number of aromatic nitrogens is 4. The Kier molecular flexibility index (Phi) is 7.36. The molecule has 0 atom stereocenters. The lowest BCUT2D eigenvalue weighted by atomic mass is 10.2. The lowest BCUT2D eigenvalue weighted by molar-refractivity contribution is 0.187. The van der Waals surface area contributed by atoms with Gasteiger partial charge in [0.15, 0.2) is 17.2 Å². The van der Waals surface area contributed by atoms with Gasteiger partial charge >= 0.3 is 6.09 Å². The van der Waals surface area contributed by atoms with Crippen molar-refractivity contribution in [3.05, 3.63) is 96.2 Å².